The summed E-state index contributed by atoms with van der Waals surface area (Å²) in [6, 6.07) is 2.73. The number of nitro benzene ring substituents is 1. The molecule has 7 nitrogen and oxygen atoms in total. The van der Waals surface area contributed by atoms with Crippen molar-refractivity contribution in [1.29, 1.82) is 0 Å². The van der Waals surface area contributed by atoms with Crippen LogP contribution < -0.4 is 9.47 Å². The van der Waals surface area contributed by atoms with Crippen molar-refractivity contribution < 1.29 is 23.9 Å². The molecule has 0 saturated heterocycles. The number of carbonyl (C=O) groups is 1. The van der Waals surface area contributed by atoms with Gasteiger partial charge in [0.25, 0.3) is 5.69 Å². The number of hydrogen-bond donors (Lipinski definition) is 0. The first kappa shape index (κ1) is 14.8. The average molecular weight is 293 g/mol. The smallest absolute Gasteiger partial charge is 0.331 e. The van der Waals surface area contributed by atoms with Crippen LogP contribution in [0, 0.1) is 10.1 Å². The summed E-state index contributed by atoms with van der Waals surface area (Å²) in [7, 11) is 0. The summed E-state index contributed by atoms with van der Waals surface area (Å²) in [6.45, 7) is 5.23. The Morgan fingerprint density at radius 3 is 2.52 bits per heavy atom. The molecular formula is C14H15NO6. The quantitative estimate of drug-likeness (QED) is 0.368. The van der Waals surface area contributed by atoms with E-state index in [1.165, 1.54) is 18.2 Å². The number of hydrogen-bond acceptors (Lipinski definition) is 6. The summed E-state index contributed by atoms with van der Waals surface area (Å²) < 4.78 is 15.4. The van der Waals surface area contributed by atoms with Crippen LogP contribution in [0.1, 0.15) is 26.3 Å². The van der Waals surface area contributed by atoms with Gasteiger partial charge in [-0.25, -0.2) is 4.79 Å². The van der Waals surface area contributed by atoms with Gasteiger partial charge in [-0.1, -0.05) is 0 Å². The van der Waals surface area contributed by atoms with Crippen molar-refractivity contribution >= 4 is 17.7 Å². The third-order valence-electron chi connectivity index (χ3n) is 2.52. The van der Waals surface area contributed by atoms with Crippen molar-refractivity contribution in [3.8, 4) is 11.5 Å². The molecule has 0 amide bonds. The lowest BCUT2D eigenvalue weighted by molar-refractivity contribution is -0.385. The molecule has 0 aromatic heterocycles. The average Bonchev–Trinajstić information content (AvgIpc) is 2.79. The van der Waals surface area contributed by atoms with Gasteiger partial charge in [-0.2, -0.15) is 0 Å². The van der Waals surface area contributed by atoms with Gasteiger partial charge in [-0.3, -0.25) is 10.1 Å². The Kier molecular flexibility index (Phi) is 3.84. The van der Waals surface area contributed by atoms with Crippen molar-refractivity contribution in [2.24, 2.45) is 0 Å². The largest absolute Gasteiger partial charge is 0.457 e. The molecule has 0 fully saturated rings. The molecule has 0 radical (unpaired) electrons. The van der Waals surface area contributed by atoms with Crippen molar-refractivity contribution in [2.45, 2.75) is 26.4 Å². The first-order chi connectivity index (χ1) is 9.76. The Hall–Kier alpha value is -2.57. The molecule has 1 aromatic rings. The number of carbonyl (C=O) groups excluding carboxylic acids is 1. The van der Waals surface area contributed by atoms with E-state index >= 15 is 0 Å². The Bertz CT molecular complexity index is 615. The second-order valence-electron chi connectivity index (χ2n) is 5.39. The Morgan fingerprint density at radius 2 is 1.95 bits per heavy atom. The molecule has 0 bridgehead atoms. The van der Waals surface area contributed by atoms with Crippen LogP contribution in [0.5, 0.6) is 11.5 Å². The third-order valence-corrected chi connectivity index (χ3v) is 2.52. The third kappa shape index (κ3) is 3.71. The molecule has 0 N–H and O–H groups in total. The van der Waals surface area contributed by atoms with Crippen LogP contribution in [0.3, 0.4) is 0 Å². The number of benzene rings is 1. The molecule has 1 aliphatic heterocycles. The monoisotopic (exact) mass is 293 g/mol. The minimum atomic E-state index is -0.623. The van der Waals surface area contributed by atoms with E-state index in [0.717, 1.165) is 6.08 Å². The summed E-state index contributed by atoms with van der Waals surface area (Å²) in [5, 5.41) is 11.1. The van der Waals surface area contributed by atoms with Gasteiger partial charge < -0.3 is 14.2 Å². The zero-order valence-electron chi connectivity index (χ0n) is 11.9. The van der Waals surface area contributed by atoms with E-state index in [-0.39, 0.29) is 18.0 Å². The second kappa shape index (κ2) is 5.43. The van der Waals surface area contributed by atoms with Crippen LogP contribution in [0.15, 0.2) is 18.2 Å². The molecule has 112 valence electrons. The zero-order valence-corrected chi connectivity index (χ0v) is 11.9. The first-order valence-electron chi connectivity index (χ1n) is 6.25. The maximum absolute atomic E-state index is 11.6. The molecule has 1 heterocycles. The molecule has 0 atom stereocenters. The summed E-state index contributed by atoms with van der Waals surface area (Å²) in [5.74, 6) is 0.148. The van der Waals surface area contributed by atoms with E-state index in [0.29, 0.717) is 11.5 Å². The topological polar surface area (TPSA) is 87.9 Å². The number of nitro groups is 1. The number of fused-ring (bicyclic) bond motifs is 1. The van der Waals surface area contributed by atoms with Gasteiger partial charge in [-0.15, -0.1) is 0 Å². The van der Waals surface area contributed by atoms with Gasteiger partial charge in [0.05, 0.1) is 16.6 Å². The van der Waals surface area contributed by atoms with E-state index in [1.54, 1.807) is 20.8 Å². The van der Waals surface area contributed by atoms with Gasteiger partial charge in [0.1, 0.15) is 5.60 Å². The molecule has 1 aromatic carbocycles. The summed E-state index contributed by atoms with van der Waals surface area (Å²) in [4.78, 5) is 22.1. The molecule has 0 unspecified atom stereocenters. The van der Waals surface area contributed by atoms with Crippen molar-refractivity contribution in [3.05, 3.63) is 33.9 Å². The van der Waals surface area contributed by atoms with Gasteiger partial charge in [0, 0.05) is 6.08 Å². The van der Waals surface area contributed by atoms with Crippen LogP contribution in [-0.2, 0) is 9.53 Å². The van der Waals surface area contributed by atoms with Crippen LogP contribution >= 0.6 is 0 Å². The minimum Gasteiger partial charge on any atom is -0.457 e. The first-order valence-corrected chi connectivity index (χ1v) is 6.25. The molecule has 7 heteroatoms. The van der Waals surface area contributed by atoms with Crippen LogP contribution in [0.4, 0.5) is 5.69 Å². The SMILES string of the molecule is CC(C)(C)OC(=O)/C=C/c1cc2c(cc1[N+](=O)[O-])OCO2. The molecular weight excluding hydrogens is 278 g/mol. The molecule has 2 rings (SSSR count). The van der Waals surface area contributed by atoms with Crippen molar-refractivity contribution in [3.63, 3.8) is 0 Å². The van der Waals surface area contributed by atoms with Gasteiger partial charge in [0.2, 0.25) is 6.79 Å². The van der Waals surface area contributed by atoms with Crippen LogP contribution in [-0.4, -0.2) is 23.3 Å². The van der Waals surface area contributed by atoms with E-state index in [9.17, 15) is 14.9 Å². The molecule has 1 aliphatic rings. The summed E-state index contributed by atoms with van der Waals surface area (Å²) in [5.41, 5.74) is -0.545. The Labute approximate surface area is 121 Å². The predicted molar refractivity (Wildman–Crippen MR) is 74.1 cm³/mol. The second-order valence-corrected chi connectivity index (χ2v) is 5.39. The van der Waals surface area contributed by atoms with Crippen molar-refractivity contribution in [2.75, 3.05) is 6.79 Å². The zero-order chi connectivity index (χ0) is 15.6. The normalized spacial score (nSPS) is 13.5. The lowest BCUT2D eigenvalue weighted by atomic mass is 10.1. The molecule has 0 saturated carbocycles. The number of ether oxygens (including phenoxy) is 3. The summed E-state index contributed by atoms with van der Waals surface area (Å²) in [6.07, 6.45) is 2.48. The highest BCUT2D eigenvalue weighted by Crippen LogP contribution is 2.38. The van der Waals surface area contributed by atoms with Crippen molar-refractivity contribution in [1.82, 2.24) is 0 Å². The maximum Gasteiger partial charge on any atom is 0.331 e. The van der Waals surface area contributed by atoms with Crippen LogP contribution in [0.2, 0.25) is 0 Å². The number of nitrogens with zero attached hydrogens (tertiary/aromatic N) is 1. The molecule has 0 spiro atoms. The lowest BCUT2D eigenvalue weighted by Crippen LogP contribution is -2.22. The fraction of sp³-hybridized carbons (Fsp3) is 0.357. The van der Waals surface area contributed by atoms with E-state index in [4.69, 9.17) is 14.2 Å². The van der Waals surface area contributed by atoms with Gasteiger partial charge >= 0.3 is 5.97 Å². The van der Waals surface area contributed by atoms with Crippen LogP contribution in [0.25, 0.3) is 6.08 Å². The summed E-state index contributed by atoms with van der Waals surface area (Å²) >= 11 is 0. The van der Waals surface area contributed by atoms with Gasteiger partial charge in [-0.05, 0) is 32.9 Å². The number of rotatable bonds is 3. The minimum absolute atomic E-state index is 0.0196. The van der Waals surface area contributed by atoms with Gasteiger partial charge in [0.15, 0.2) is 11.5 Å². The molecule has 0 aliphatic carbocycles. The maximum atomic E-state index is 11.6. The highest BCUT2D eigenvalue weighted by atomic mass is 16.7. The lowest BCUT2D eigenvalue weighted by Gasteiger charge is -2.17. The highest BCUT2D eigenvalue weighted by molar-refractivity contribution is 5.88. The van der Waals surface area contributed by atoms with E-state index < -0.39 is 16.5 Å². The fourth-order valence-electron chi connectivity index (χ4n) is 1.73. The Morgan fingerprint density at radius 1 is 1.33 bits per heavy atom. The van der Waals surface area contributed by atoms with E-state index in [1.807, 2.05) is 0 Å². The predicted octanol–water partition coefficient (Wildman–Crippen LogP) is 2.68. The molecule has 21 heavy (non-hydrogen) atoms. The van der Waals surface area contributed by atoms with E-state index in [2.05, 4.69) is 0 Å². The highest BCUT2D eigenvalue weighted by Gasteiger charge is 2.22. The Balaban J connectivity index is 2.27. The fourth-order valence-corrected chi connectivity index (χ4v) is 1.73. The standard InChI is InChI=1S/C14H15NO6/c1-14(2,3)21-13(16)5-4-9-6-11-12(20-8-19-11)7-10(9)15(17)18/h4-7H,8H2,1-3H3/b5-4+. The number of esters is 1.